The van der Waals surface area contributed by atoms with Gasteiger partial charge in [-0.15, -0.1) is 11.8 Å². The van der Waals surface area contributed by atoms with Crippen LogP contribution in [0.4, 0.5) is 0 Å². The first kappa shape index (κ1) is 11.3. The highest BCUT2D eigenvalue weighted by Crippen LogP contribution is 2.27. The van der Waals surface area contributed by atoms with E-state index in [0.717, 1.165) is 50.3 Å². The SMILES string of the molecule is NC1CCC(CC(=O)N2CCSC2)CC1. The van der Waals surface area contributed by atoms with Crippen LogP contribution in [-0.2, 0) is 4.79 Å². The molecular formula is C11H20N2OS. The third kappa shape index (κ3) is 3.11. The van der Waals surface area contributed by atoms with E-state index in [4.69, 9.17) is 5.73 Å². The van der Waals surface area contributed by atoms with Gasteiger partial charge in [-0.2, -0.15) is 0 Å². The molecule has 15 heavy (non-hydrogen) atoms. The minimum atomic E-state index is 0.362. The van der Waals surface area contributed by atoms with Gasteiger partial charge >= 0.3 is 0 Å². The number of amides is 1. The van der Waals surface area contributed by atoms with Crippen LogP contribution in [0.15, 0.2) is 0 Å². The summed E-state index contributed by atoms with van der Waals surface area (Å²) < 4.78 is 0. The number of hydrogen-bond donors (Lipinski definition) is 1. The second kappa shape index (κ2) is 5.21. The van der Waals surface area contributed by atoms with Crippen LogP contribution in [0.1, 0.15) is 32.1 Å². The number of nitrogens with zero attached hydrogens (tertiary/aromatic N) is 1. The summed E-state index contributed by atoms with van der Waals surface area (Å²) in [6, 6.07) is 0.388. The number of carbonyl (C=O) groups is 1. The smallest absolute Gasteiger partial charge is 0.223 e. The van der Waals surface area contributed by atoms with Gasteiger partial charge in [0.1, 0.15) is 0 Å². The van der Waals surface area contributed by atoms with Crippen molar-refractivity contribution in [1.82, 2.24) is 4.90 Å². The summed E-state index contributed by atoms with van der Waals surface area (Å²) in [5.74, 6) is 2.98. The first-order valence-electron chi connectivity index (χ1n) is 5.87. The molecule has 0 radical (unpaired) electrons. The third-order valence-electron chi connectivity index (χ3n) is 3.46. The van der Waals surface area contributed by atoms with Gasteiger partial charge in [0.25, 0.3) is 0 Å². The van der Waals surface area contributed by atoms with Crippen molar-refractivity contribution in [3.63, 3.8) is 0 Å². The molecule has 0 spiro atoms. The van der Waals surface area contributed by atoms with Crippen LogP contribution in [0.3, 0.4) is 0 Å². The van der Waals surface area contributed by atoms with Crippen molar-refractivity contribution in [2.24, 2.45) is 11.7 Å². The molecule has 2 rings (SSSR count). The normalized spacial score (nSPS) is 31.9. The highest BCUT2D eigenvalue weighted by molar-refractivity contribution is 7.99. The van der Waals surface area contributed by atoms with Crippen molar-refractivity contribution in [3.05, 3.63) is 0 Å². The lowest BCUT2D eigenvalue weighted by Gasteiger charge is -2.27. The van der Waals surface area contributed by atoms with E-state index in [2.05, 4.69) is 0 Å². The van der Waals surface area contributed by atoms with E-state index in [1.54, 1.807) is 0 Å². The lowest BCUT2D eigenvalue weighted by molar-refractivity contribution is -0.131. The molecule has 0 aromatic heterocycles. The Morgan fingerprint density at radius 3 is 2.67 bits per heavy atom. The Bertz CT molecular complexity index is 221. The van der Waals surface area contributed by atoms with Crippen molar-refractivity contribution in [2.75, 3.05) is 18.2 Å². The highest BCUT2D eigenvalue weighted by atomic mass is 32.2. The van der Waals surface area contributed by atoms with Crippen LogP contribution < -0.4 is 5.73 Å². The molecule has 0 atom stereocenters. The van der Waals surface area contributed by atoms with E-state index in [1.165, 1.54) is 0 Å². The fraction of sp³-hybridized carbons (Fsp3) is 0.909. The first-order valence-corrected chi connectivity index (χ1v) is 7.02. The maximum atomic E-state index is 11.9. The lowest BCUT2D eigenvalue weighted by atomic mass is 9.84. The molecule has 1 saturated heterocycles. The van der Waals surface area contributed by atoms with Gasteiger partial charge in [-0.05, 0) is 31.6 Å². The highest BCUT2D eigenvalue weighted by Gasteiger charge is 2.24. The zero-order valence-corrected chi connectivity index (χ0v) is 9.97. The van der Waals surface area contributed by atoms with E-state index in [9.17, 15) is 4.79 Å². The third-order valence-corrected chi connectivity index (χ3v) is 4.43. The zero-order valence-electron chi connectivity index (χ0n) is 9.15. The molecule has 1 heterocycles. The zero-order chi connectivity index (χ0) is 10.7. The van der Waals surface area contributed by atoms with Gasteiger partial charge in [0.15, 0.2) is 0 Å². The largest absolute Gasteiger partial charge is 0.333 e. The topological polar surface area (TPSA) is 46.3 Å². The molecule has 0 bridgehead atoms. The van der Waals surface area contributed by atoms with Crippen molar-refractivity contribution < 1.29 is 4.79 Å². The van der Waals surface area contributed by atoms with Crippen LogP contribution in [0, 0.1) is 5.92 Å². The molecule has 1 aliphatic carbocycles. The van der Waals surface area contributed by atoms with E-state index in [1.807, 2.05) is 16.7 Å². The van der Waals surface area contributed by atoms with Crippen LogP contribution in [0.25, 0.3) is 0 Å². The van der Waals surface area contributed by atoms with Gasteiger partial charge < -0.3 is 10.6 Å². The van der Waals surface area contributed by atoms with Crippen LogP contribution >= 0.6 is 11.8 Å². The molecule has 1 amide bonds. The number of carbonyl (C=O) groups excluding carboxylic acids is 1. The Kier molecular flexibility index (Phi) is 3.92. The lowest BCUT2D eigenvalue weighted by Crippen LogP contribution is -2.32. The molecule has 2 fully saturated rings. The van der Waals surface area contributed by atoms with Gasteiger partial charge in [-0.25, -0.2) is 0 Å². The van der Waals surface area contributed by atoms with Crippen molar-refractivity contribution in [1.29, 1.82) is 0 Å². The number of nitrogens with two attached hydrogens (primary N) is 1. The first-order chi connectivity index (χ1) is 7.25. The summed E-state index contributed by atoms with van der Waals surface area (Å²) in [7, 11) is 0. The van der Waals surface area contributed by atoms with Gasteiger partial charge in [0.2, 0.25) is 5.91 Å². The molecule has 4 heteroatoms. The van der Waals surface area contributed by atoms with E-state index >= 15 is 0 Å². The fourth-order valence-corrected chi connectivity index (χ4v) is 3.35. The predicted molar refractivity (Wildman–Crippen MR) is 63.6 cm³/mol. The van der Waals surface area contributed by atoms with E-state index < -0.39 is 0 Å². The molecule has 0 aromatic carbocycles. The second-order valence-electron chi connectivity index (χ2n) is 4.68. The minimum Gasteiger partial charge on any atom is -0.333 e. The van der Waals surface area contributed by atoms with Gasteiger partial charge in [0, 0.05) is 24.8 Å². The molecular weight excluding hydrogens is 208 g/mol. The van der Waals surface area contributed by atoms with Crippen molar-refractivity contribution in [2.45, 2.75) is 38.1 Å². The Hall–Kier alpha value is -0.220. The summed E-state index contributed by atoms with van der Waals surface area (Å²) in [5, 5.41) is 0. The average molecular weight is 228 g/mol. The fourth-order valence-electron chi connectivity index (χ4n) is 2.38. The second-order valence-corrected chi connectivity index (χ2v) is 5.75. The summed E-state index contributed by atoms with van der Waals surface area (Å²) in [5.41, 5.74) is 5.85. The molecule has 3 nitrogen and oxygen atoms in total. The molecule has 2 aliphatic rings. The van der Waals surface area contributed by atoms with Gasteiger partial charge in [-0.1, -0.05) is 0 Å². The van der Waals surface area contributed by atoms with E-state index in [-0.39, 0.29) is 0 Å². The number of rotatable bonds is 2. The maximum Gasteiger partial charge on any atom is 0.223 e. The summed E-state index contributed by atoms with van der Waals surface area (Å²) in [6.07, 6.45) is 5.26. The Balaban J connectivity index is 1.74. The van der Waals surface area contributed by atoms with Gasteiger partial charge in [-0.3, -0.25) is 4.79 Å². The number of thioether (sulfide) groups is 1. The Morgan fingerprint density at radius 2 is 2.07 bits per heavy atom. The Morgan fingerprint density at radius 1 is 1.33 bits per heavy atom. The average Bonchev–Trinajstić information content (AvgIpc) is 2.74. The minimum absolute atomic E-state index is 0.362. The summed E-state index contributed by atoms with van der Waals surface area (Å²) in [4.78, 5) is 13.9. The number of hydrogen-bond acceptors (Lipinski definition) is 3. The van der Waals surface area contributed by atoms with Crippen molar-refractivity contribution >= 4 is 17.7 Å². The molecule has 2 N–H and O–H groups in total. The van der Waals surface area contributed by atoms with Crippen LogP contribution in [0.5, 0.6) is 0 Å². The predicted octanol–water partition coefficient (Wildman–Crippen LogP) is 1.43. The summed E-state index contributed by atoms with van der Waals surface area (Å²) in [6.45, 7) is 0.954. The molecule has 1 saturated carbocycles. The Labute approximate surface area is 95.8 Å². The maximum absolute atomic E-state index is 11.9. The molecule has 0 aromatic rings. The van der Waals surface area contributed by atoms with Crippen LogP contribution in [0.2, 0.25) is 0 Å². The van der Waals surface area contributed by atoms with E-state index in [0.29, 0.717) is 17.9 Å². The monoisotopic (exact) mass is 228 g/mol. The summed E-state index contributed by atoms with van der Waals surface area (Å²) >= 11 is 1.86. The van der Waals surface area contributed by atoms with Crippen LogP contribution in [-0.4, -0.2) is 35.0 Å². The standard InChI is InChI=1S/C11H20N2OS/c12-10-3-1-9(2-4-10)7-11(14)13-5-6-15-8-13/h9-10H,1-8,12H2. The molecule has 86 valence electrons. The van der Waals surface area contributed by atoms with Gasteiger partial charge in [0.05, 0.1) is 5.88 Å². The quantitative estimate of drug-likeness (QED) is 0.777. The van der Waals surface area contributed by atoms with Crippen molar-refractivity contribution in [3.8, 4) is 0 Å². The molecule has 1 aliphatic heterocycles. The molecule has 0 unspecified atom stereocenters.